The zero-order chi connectivity index (χ0) is 18.7. The highest BCUT2D eigenvalue weighted by atomic mass is 19.4. The van der Waals surface area contributed by atoms with Gasteiger partial charge >= 0.3 is 6.18 Å². The third-order valence-electron chi connectivity index (χ3n) is 4.41. The lowest BCUT2D eigenvalue weighted by Crippen LogP contribution is -2.43. The molecule has 1 saturated heterocycles. The van der Waals surface area contributed by atoms with Gasteiger partial charge in [-0.3, -0.25) is 9.59 Å². The molecule has 1 aliphatic heterocycles. The van der Waals surface area contributed by atoms with Crippen molar-refractivity contribution in [1.29, 1.82) is 0 Å². The molecule has 1 fully saturated rings. The van der Waals surface area contributed by atoms with E-state index >= 15 is 0 Å². The highest BCUT2D eigenvalue weighted by molar-refractivity contribution is 5.98. The topological polar surface area (TPSA) is 68.1 Å². The Balaban J connectivity index is 1.65. The number of likely N-dealkylation sites (tertiary alicyclic amines) is 1. The van der Waals surface area contributed by atoms with E-state index in [-0.39, 0.29) is 30.3 Å². The highest BCUT2D eigenvalue weighted by Gasteiger charge is 2.32. The van der Waals surface area contributed by atoms with Crippen LogP contribution in [0.15, 0.2) is 36.9 Å². The van der Waals surface area contributed by atoms with Gasteiger partial charge in [0, 0.05) is 24.6 Å². The van der Waals surface area contributed by atoms with Crippen LogP contribution in [0.25, 0.3) is 0 Å². The van der Waals surface area contributed by atoms with Crippen LogP contribution in [-0.2, 0) is 17.5 Å². The summed E-state index contributed by atoms with van der Waals surface area (Å²) in [6.07, 6.45) is -0.392. The molecule has 1 aromatic heterocycles. The van der Waals surface area contributed by atoms with Crippen molar-refractivity contribution in [2.24, 2.45) is 5.92 Å². The van der Waals surface area contributed by atoms with Gasteiger partial charge < -0.3 is 4.90 Å². The van der Waals surface area contributed by atoms with Gasteiger partial charge in [-0.15, -0.1) is 0 Å². The largest absolute Gasteiger partial charge is 0.416 e. The lowest BCUT2D eigenvalue weighted by Gasteiger charge is -2.32. The molecule has 0 unspecified atom stereocenters. The second-order valence-electron chi connectivity index (χ2n) is 6.21. The number of amides is 1. The standard InChI is InChI=1S/C17H17F3N4O2/c18-17(19,20)14-5-3-12(4-6-14)16(26)13-2-1-7-23(8-13)15(25)9-24-11-21-10-22-24/h3-6,10-11,13H,1-2,7-9H2/t13-/m0/s1. The van der Waals surface area contributed by atoms with E-state index in [0.717, 1.165) is 12.1 Å². The predicted molar refractivity (Wildman–Crippen MR) is 85.1 cm³/mol. The third kappa shape index (κ3) is 4.09. The molecular formula is C17H17F3N4O2. The molecule has 1 atom stereocenters. The van der Waals surface area contributed by atoms with Gasteiger partial charge in [-0.25, -0.2) is 9.67 Å². The summed E-state index contributed by atoms with van der Waals surface area (Å²) in [6, 6.07) is 4.20. The quantitative estimate of drug-likeness (QED) is 0.780. The van der Waals surface area contributed by atoms with Gasteiger partial charge in [0.05, 0.1) is 5.56 Å². The molecule has 0 N–H and O–H groups in total. The molecule has 0 radical (unpaired) electrons. The Morgan fingerprint density at radius 1 is 1.19 bits per heavy atom. The maximum absolute atomic E-state index is 12.6. The lowest BCUT2D eigenvalue weighted by atomic mass is 9.89. The van der Waals surface area contributed by atoms with Crippen molar-refractivity contribution in [2.45, 2.75) is 25.6 Å². The summed E-state index contributed by atoms with van der Waals surface area (Å²) in [5.41, 5.74) is -0.559. The molecule has 2 heterocycles. The second kappa shape index (κ2) is 7.27. The van der Waals surface area contributed by atoms with E-state index in [9.17, 15) is 22.8 Å². The van der Waals surface area contributed by atoms with E-state index < -0.39 is 17.7 Å². The number of rotatable bonds is 4. The van der Waals surface area contributed by atoms with Crippen molar-refractivity contribution in [1.82, 2.24) is 19.7 Å². The molecule has 1 aromatic carbocycles. The van der Waals surface area contributed by atoms with E-state index in [4.69, 9.17) is 0 Å². The van der Waals surface area contributed by atoms with Gasteiger partial charge in [0.15, 0.2) is 5.78 Å². The number of piperidine rings is 1. The number of Topliss-reactive ketones (excluding diaryl/α,β-unsaturated/α-hetero) is 1. The molecule has 0 aliphatic carbocycles. The molecule has 9 heteroatoms. The Hall–Kier alpha value is -2.71. The van der Waals surface area contributed by atoms with Gasteiger partial charge in [-0.05, 0) is 25.0 Å². The van der Waals surface area contributed by atoms with Gasteiger partial charge in [-0.1, -0.05) is 12.1 Å². The van der Waals surface area contributed by atoms with E-state index in [0.29, 0.717) is 19.4 Å². The number of ketones is 1. The molecular weight excluding hydrogens is 349 g/mol. The molecule has 0 saturated carbocycles. The zero-order valence-electron chi connectivity index (χ0n) is 13.8. The summed E-state index contributed by atoms with van der Waals surface area (Å²) in [6.45, 7) is 0.846. The summed E-state index contributed by atoms with van der Waals surface area (Å²) in [5.74, 6) is -0.822. The van der Waals surface area contributed by atoms with Crippen LogP contribution in [-0.4, -0.2) is 44.4 Å². The molecule has 26 heavy (non-hydrogen) atoms. The monoisotopic (exact) mass is 366 g/mol. The number of carbonyl (C=O) groups excluding carboxylic acids is 2. The van der Waals surface area contributed by atoms with E-state index in [1.54, 1.807) is 4.90 Å². The van der Waals surface area contributed by atoms with Crippen molar-refractivity contribution in [3.63, 3.8) is 0 Å². The molecule has 1 amide bonds. The minimum atomic E-state index is -4.43. The van der Waals surface area contributed by atoms with Crippen molar-refractivity contribution in [3.8, 4) is 0 Å². The maximum atomic E-state index is 12.6. The first-order chi connectivity index (χ1) is 12.3. The minimum Gasteiger partial charge on any atom is -0.340 e. The smallest absolute Gasteiger partial charge is 0.340 e. The average molecular weight is 366 g/mol. The van der Waals surface area contributed by atoms with Gasteiger partial charge in [-0.2, -0.15) is 18.3 Å². The van der Waals surface area contributed by atoms with Crippen LogP contribution in [0.1, 0.15) is 28.8 Å². The third-order valence-corrected chi connectivity index (χ3v) is 4.41. The summed E-state index contributed by atoms with van der Waals surface area (Å²) < 4.78 is 39.3. The fraction of sp³-hybridized carbons (Fsp3) is 0.412. The minimum absolute atomic E-state index is 0.0428. The summed E-state index contributed by atoms with van der Waals surface area (Å²) in [4.78, 5) is 30.3. The number of nitrogens with zero attached hydrogens (tertiary/aromatic N) is 4. The highest BCUT2D eigenvalue weighted by Crippen LogP contribution is 2.30. The van der Waals surface area contributed by atoms with Crippen LogP contribution in [0.4, 0.5) is 13.2 Å². The van der Waals surface area contributed by atoms with E-state index in [1.165, 1.54) is 29.5 Å². The fourth-order valence-corrected chi connectivity index (χ4v) is 3.03. The normalized spacial score (nSPS) is 18.0. The summed E-state index contributed by atoms with van der Waals surface area (Å²) in [7, 11) is 0. The average Bonchev–Trinajstić information content (AvgIpc) is 3.13. The maximum Gasteiger partial charge on any atom is 0.416 e. The van der Waals surface area contributed by atoms with E-state index in [1.807, 2.05) is 0 Å². The van der Waals surface area contributed by atoms with Crippen molar-refractivity contribution < 1.29 is 22.8 Å². The van der Waals surface area contributed by atoms with Gasteiger partial charge in [0.25, 0.3) is 0 Å². The van der Waals surface area contributed by atoms with E-state index in [2.05, 4.69) is 10.1 Å². The number of halogens is 3. The molecule has 0 bridgehead atoms. The first-order valence-corrected chi connectivity index (χ1v) is 8.16. The summed E-state index contributed by atoms with van der Waals surface area (Å²) in [5, 5.41) is 3.88. The summed E-state index contributed by atoms with van der Waals surface area (Å²) >= 11 is 0. The Morgan fingerprint density at radius 3 is 2.54 bits per heavy atom. The first kappa shape index (κ1) is 18.1. The van der Waals surface area contributed by atoms with Crippen LogP contribution in [0.5, 0.6) is 0 Å². The van der Waals surface area contributed by atoms with Crippen LogP contribution in [0.2, 0.25) is 0 Å². The molecule has 6 nitrogen and oxygen atoms in total. The van der Waals surface area contributed by atoms with Gasteiger partial charge in [0.2, 0.25) is 5.91 Å². The SMILES string of the molecule is O=C(c1ccc(C(F)(F)F)cc1)[C@H]1CCCN(C(=O)Cn2cncn2)C1. The number of alkyl halides is 3. The Kier molecular flexibility index (Phi) is 5.06. The molecule has 1 aliphatic rings. The van der Waals surface area contributed by atoms with Crippen molar-refractivity contribution in [3.05, 3.63) is 48.0 Å². The molecule has 2 aromatic rings. The van der Waals surface area contributed by atoms with Crippen molar-refractivity contribution in [2.75, 3.05) is 13.1 Å². The Bertz CT molecular complexity index is 772. The Morgan fingerprint density at radius 2 is 1.92 bits per heavy atom. The van der Waals surface area contributed by atoms with Crippen LogP contribution in [0.3, 0.4) is 0 Å². The zero-order valence-corrected chi connectivity index (χ0v) is 13.8. The second-order valence-corrected chi connectivity index (χ2v) is 6.21. The number of hydrogen-bond acceptors (Lipinski definition) is 4. The van der Waals surface area contributed by atoms with Crippen LogP contribution >= 0.6 is 0 Å². The Labute approximate surface area is 147 Å². The molecule has 138 valence electrons. The number of aromatic nitrogens is 3. The predicted octanol–water partition coefficient (Wildman–Crippen LogP) is 2.42. The lowest BCUT2D eigenvalue weighted by molar-refractivity contribution is -0.137. The molecule has 3 rings (SSSR count). The first-order valence-electron chi connectivity index (χ1n) is 8.16. The van der Waals surface area contributed by atoms with Crippen LogP contribution < -0.4 is 0 Å². The van der Waals surface area contributed by atoms with Gasteiger partial charge in [0.1, 0.15) is 19.2 Å². The number of hydrogen-bond donors (Lipinski definition) is 0. The molecule has 0 spiro atoms. The number of benzene rings is 1. The van der Waals surface area contributed by atoms with Crippen LogP contribution in [0, 0.1) is 5.92 Å². The fourth-order valence-electron chi connectivity index (χ4n) is 3.03. The van der Waals surface area contributed by atoms with Crippen molar-refractivity contribution >= 4 is 11.7 Å². The number of carbonyl (C=O) groups is 2.